The highest BCUT2D eigenvalue weighted by molar-refractivity contribution is 7.21. The summed E-state index contributed by atoms with van der Waals surface area (Å²) in [5.41, 5.74) is 2.85. The molecule has 0 aliphatic heterocycles. The molecule has 4 aromatic rings. The van der Waals surface area contributed by atoms with Gasteiger partial charge in [0.05, 0.1) is 18.9 Å². The second-order valence-corrected chi connectivity index (χ2v) is 7.10. The maximum Gasteiger partial charge on any atom is 0.259 e. The van der Waals surface area contributed by atoms with E-state index in [0.717, 1.165) is 5.69 Å². The number of pyridine rings is 2. The highest BCUT2D eigenvalue weighted by Crippen LogP contribution is 2.34. The van der Waals surface area contributed by atoms with Crippen molar-refractivity contribution in [3.63, 3.8) is 0 Å². The molecule has 0 aliphatic rings. The minimum Gasteiger partial charge on any atom is -0.494 e. The summed E-state index contributed by atoms with van der Waals surface area (Å²) < 4.78 is 5.39. The zero-order valence-corrected chi connectivity index (χ0v) is 16.4. The van der Waals surface area contributed by atoms with E-state index in [0.29, 0.717) is 43.2 Å². The molecule has 8 nitrogen and oxygen atoms in total. The number of carbonyl (C=O) groups is 1. The zero-order valence-electron chi connectivity index (χ0n) is 14.8. The summed E-state index contributed by atoms with van der Waals surface area (Å²) in [5, 5.41) is 3.48. The van der Waals surface area contributed by atoms with Crippen LogP contribution in [-0.2, 0) is 0 Å². The van der Waals surface area contributed by atoms with Crippen LogP contribution in [0.15, 0.2) is 36.9 Å². The molecule has 10 heteroatoms. The molecule has 28 heavy (non-hydrogen) atoms. The smallest absolute Gasteiger partial charge is 0.259 e. The fourth-order valence-corrected chi connectivity index (χ4v) is 3.57. The molecule has 4 heterocycles. The van der Waals surface area contributed by atoms with Crippen LogP contribution >= 0.6 is 22.9 Å². The minimum atomic E-state index is -0.364. The summed E-state index contributed by atoms with van der Waals surface area (Å²) in [6.45, 7) is 1.84. The van der Waals surface area contributed by atoms with Crippen molar-refractivity contribution >= 4 is 44.5 Å². The van der Waals surface area contributed by atoms with Crippen LogP contribution in [0.3, 0.4) is 0 Å². The molecule has 0 radical (unpaired) electrons. The zero-order chi connectivity index (χ0) is 19.7. The number of thiazole rings is 1. The van der Waals surface area contributed by atoms with Crippen molar-refractivity contribution < 1.29 is 9.53 Å². The van der Waals surface area contributed by atoms with Crippen molar-refractivity contribution in [1.29, 1.82) is 0 Å². The van der Waals surface area contributed by atoms with Gasteiger partial charge in [0.2, 0.25) is 0 Å². The van der Waals surface area contributed by atoms with Gasteiger partial charge in [-0.05, 0) is 19.1 Å². The lowest BCUT2D eigenvalue weighted by atomic mass is 10.0. The Hall–Kier alpha value is -3.17. The second kappa shape index (κ2) is 7.45. The number of methoxy groups -OCH3 is 1. The van der Waals surface area contributed by atoms with E-state index < -0.39 is 0 Å². The second-order valence-electron chi connectivity index (χ2n) is 5.74. The predicted molar refractivity (Wildman–Crippen MR) is 107 cm³/mol. The largest absolute Gasteiger partial charge is 0.494 e. The first-order valence-electron chi connectivity index (χ1n) is 8.10. The van der Waals surface area contributed by atoms with Gasteiger partial charge in [0.1, 0.15) is 10.9 Å². The van der Waals surface area contributed by atoms with Gasteiger partial charge < -0.3 is 4.74 Å². The number of anilines is 1. The molecule has 0 atom stereocenters. The number of fused-ring (bicyclic) bond motifs is 1. The van der Waals surface area contributed by atoms with Gasteiger partial charge in [-0.15, -0.1) is 0 Å². The molecule has 4 rings (SSSR count). The summed E-state index contributed by atoms with van der Waals surface area (Å²) in [5.74, 6) is 0.133. The molecule has 0 aliphatic carbocycles. The first-order chi connectivity index (χ1) is 13.5. The van der Waals surface area contributed by atoms with E-state index in [9.17, 15) is 4.79 Å². The van der Waals surface area contributed by atoms with E-state index in [-0.39, 0.29) is 5.91 Å². The van der Waals surface area contributed by atoms with Crippen molar-refractivity contribution in [1.82, 2.24) is 24.9 Å². The third-order valence-corrected chi connectivity index (χ3v) is 4.97. The van der Waals surface area contributed by atoms with Crippen LogP contribution in [0, 0.1) is 6.92 Å². The van der Waals surface area contributed by atoms with Crippen LogP contribution < -0.4 is 10.1 Å². The summed E-state index contributed by atoms with van der Waals surface area (Å²) in [6.07, 6.45) is 6.15. The quantitative estimate of drug-likeness (QED) is 0.509. The lowest BCUT2D eigenvalue weighted by Gasteiger charge is -2.13. The maximum absolute atomic E-state index is 13.0. The first-order valence-corrected chi connectivity index (χ1v) is 9.30. The Bertz CT molecular complexity index is 1160. The molecule has 0 saturated carbocycles. The lowest BCUT2D eigenvalue weighted by molar-refractivity contribution is 0.102. The van der Waals surface area contributed by atoms with Gasteiger partial charge in [0, 0.05) is 35.4 Å². The molecule has 0 fully saturated rings. The average molecular weight is 413 g/mol. The Kier molecular flexibility index (Phi) is 4.84. The molecule has 0 saturated heterocycles. The predicted octanol–water partition coefficient (Wildman–Crippen LogP) is 3.77. The number of carbonyl (C=O) groups excluding carboxylic acids is 1. The van der Waals surface area contributed by atoms with E-state index in [1.165, 1.54) is 30.8 Å². The monoisotopic (exact) mass is 412 g/mol. The molecule has 1 amide bonds. The van der Waals surface area contributed by atoms with E-state index in [1.807, 2.05) is 6.92 Å². The van der Waals surface area contributed by atoms with Crippen LogP contribution in [-0.4, -0.2) is 37.9 Å². The first kappa shape index (κ1) is 18.2. The number of hydrogen-bond donors (Lipinski definition) is 1. The van der Waals surface area contributed by atoms with Crippen LogP contribution in [0.25, 0.3) is 21.6 Å². The Balaban J connectivity index is 1.76. The Labute approximate surface area is 168 Å². The van der Waals surface area contributed by atoms with Gasteiger partial charge >= 0.3 is 0 Å². The van der Waals surface area contributed by atoms with Crippen molar-refractivity contribution in [3.8, 4) is 16.9 Å². The molecule has 0 spiro atoms. The van der Waals surface area contributed by atoms with Crippen molar-refractivity contribution in [2.24, 2.45) is 0 Å². The number of rotatable bonds is 4. The third kappa shape index (κ3) is 3.49. The maximum atomic E-state index is 13.0. The molecule has 0 unspecified atom stereocenters. The lowest BCUT2D eigenvalue weighted by Crippen LogP contribution is -2.14. The van der Waals surface area contributed by atoms with Gasteiger partial charge in [0.25, 0.3) is 5.91 Å². The molecule has 4 aromatic heterocycles. The van der Waals surface area contributed by atoms with Crippen LogP contribution in [0.2, 0.25) is 5.15 Å². The molecule has 1 N–H and O–H groups in total. The number of halogens is 1. The molecule has 0 bridgehead atoms. The van der Waals surface area contributed by atoms with Gasteiger partial charge in [-0.2, -0.15) is 4.98 Å². The molecular formula is C18H13ClN6O2S. The number of amides is 1. The molecular weight excluding hydrogens is 400 g/mol. The number of nitrogens with one attached hydrogen (secondary N) is 1. The number of ether oxygens (including phenoxy) is 1. The summed E-state index contributed by atoms with van der Waals surface area (Å²) in [4.78, 5) is 34.5. The number of hydrogen-bond acceptors (Lipinski definition) is 8. The van der Waals surface area contributed by atoms with Crippen molar-refractivity contribution in [2.75, 3.05) is 12.4 Å². The summed E-state index contributed by atoms with van der Waals surface area (Å²) in [6, 6.07) is 3.45. The molecule has 0 aromatic carbocycles. The highest BCUT2D eigenvalue weighted by Gasteiger charge is 2.19. The Morgan fingerprint density at radius 2 is 1.93 bits per heavy atom. The van der Waals surface area contributed by atoms with Crippen LogP contribution in [0.5, 0.6) is 5.75 Å². The van der Waals surface area contributed by atoms with Crippen molar-refractivity contribution in [2.45, 2.75) is 6.92 Å². The number of nitrogens with zero attached hydrogens (tertiary/aromatic N) is 5. The Morgan fingerprint density at radius 1 is 1.11 bits per heavy atom. The van der Waals surface area contributed by atoms with Gasteiger partial charge in [-0.25, -0.2) is 15.0 Å². The fraction of sp³-hybridized carbons (Fsp3) is 0.111. The minimum absolute atomic E-state index is 0.292. The van der Waals surface area contributed by atoms with Gasteiger partial charge in [-0.1, -0.05) is 22.9 Å². The van der Waals surface area contributed by atoms with E-state index in [1.54, 1.807) is 24.5 Å². The van der Waals surface area contributed by atoms with Gasteiger partial charge in [0.15, 0.2) is 15.6 Å². The Morgan fingerprint density at radius 3 is 2.71 bits per heavy atom. The third-order valence-electron chi connectivity index (χ3n) is 3.90. The van der Waals surface area contributed by atoms with Crippen LogP contribution in [0.1, 0.15) is 16.1 Å². The van der Waals surface area contributed by atoms with E-state index in [4.69, 9.17) is 16.3 Å². The fourth-order valence-electron chi connectivity index (χ4n) is 2.65. The van der Waals surface area contributed by atoms with Gasteiger partial charge in [-0.3, -0.25) is 15.1 Å². The summed E-state index contributed by atoms with van der Waals surface area (Å²) in [7, 11) is 1.53. The summed E-state index contributed by atoms with van der Waals surface area (Å²) >= 11 is 7.31. The number of aryl methyl sites for hydroxylation is 1. The topological polar surface area (TPSA) is 103 Å². The number of aromatic nitrogens is 5. The average Bonchev–Trinajstić information content (AvgIpc) is 3.10. The normalized spacial score (nSPS) is 10.8. The van der Waals surface area contributed by atoms with E-state index >= 15 is 0 Å². The SMILES string of the molecule is COc1cnc(Cl)cc1-c1cc(C)ncc1C(=O)Nc1nc2nccnc2s1. The molecule has 140 valence electrons. The van der Waals surface area contributed by atoms with E-state index in [2.05, 4.69) is 30.2 Å². The standard InChI is InChI=1S/C18H13ClN6O2S/c1-9-5-10(11-6-14(19)23-8-13(11)27-2)12(7-22-9)16(26)25-18-24-15-17(28-18)21-4-3-20-15/h3-8H,1-2H3,(H,20,24,25,26). The van der Waals surface area contributed by atoms with Crippen LogP contribution in [0.4, 0.5) is 5.13 Å². The highest BCUT2D eigenvalue weighted by atomic mass is 35.5. The van der Waals surface area contributed by atoms with Crippen molar-refractivity contribution in [3.05, 3.63) is 53.3 Å².